The van der Waals surface area contributed by atoms with Gasteiger partial charge >= 0.3 is 0 Å². The Morgan fingerprint density at radius 3 is 2.62 bits per heavy atom. The van der Waals surface area contributed by atoms with E-state index in [1.165, 1.54) is 0 Å². The molecule has 6 heteroatoms. The van der Waals surface area contributed by atoms with Gasteiger partial charge in [-0.1, -0.05) is 18.2 Å². The van der Waals surface area contributed by atoms with Gasteiger partial charge in [-0.2, -0.15) is 0 Å². The van der Waals surface area contributed by atoms with Gasteiger partial charge in [0.2, 0.25) is 0 Å². The van der Waals surface area contributed by atoms with E-state index in [1.54, 1.807) is 6.20 Å². The molecule has 140 valence electrons. The predicted octanol–water partition coefficient (Wildman–Crippen LogP) is 3.05. The highest BCUT2D eigenvalue weighted by atomic mass is 19.1. The summed E-state index contributed by atoms with van der Waals surface area (Å²) < 4.78 is 17.9. The number of halogens is 1. The van der Waals surface area contributed by atoms with E-state index in [9.17, 15) is 4.39 Å². The number of ether oxygens (including phenoxy) is 1. The molecular weight excluding hydrogens is 331 g/mol. The van der Waals surface area contributed by atoms with Crippen molar-refractivity contribution in [1.82, 2.24) is 9.88 Å². The van der Waals surface area contributed by atoms with E-state index in [-0.39, 0.29) is 6.61 Å². The molecule has 0 unspecified atom stereocenters. The minimum absolute atomic E-state index is 0.111. The van der Waals surface area contributed by atoms with Crippen molar-refractivity contribution in [2.45, 2.75) is 6.42 Å². The fraction of sp³-hybridized carbons (Fsp3) is 0.450. The number of alkyl halides is 1. The number of rotatable bonds is 9. The normalized spacial score (nSPS) is 15.0. The first-order valence-corrected chi connectivity index (χ1v) is 9.27. The maximum absolute atomic E-state index is 12.4. The highest BCUT2D eigenvalue weighted by Crippen LogP contribution is 2.28. The number of para-hydroxylation sites is 2. The standard InChI is InChI=1S/C20H27FN4O/c21-9-17-26-19-7-2-1-6-18(19)25-15-13-24(14-16-25)12-5-11-23-20-8-3-4-10-22-20/h1-4,6-8,10H,5,9,11-17H2,(H,22,23). The molecule has 3 rings (SSSR count). The Hall–Kier alpha value is -2.34. The number of anilines is 2. The monoisotopic (exact) mass is 358 g/mol. The Kier molecular flexibility index (Phi) is 7.07. The van der Waals surface area contributed by atoms with E-state index >= 15 is 0 Å². The number of aromatic nitrogens is 1. The van der Waals surface area contributed by atoms with E-state index in [1.807, 2.05) is 36.4 Å². The molecule has 1 aliphatic heterocycles. The second-order valence-electron chi connectivity index (χ2n) is 6.33. The van der Waals surface area contributed by atoms with Crippen molar-refractivity contribution < 1.29 is 9.13 Å². The average molecular weight is 358 g/mol. The minimum atomic E-state index is -0.464. The van der Waals surface area contributed by atoms with Crippen molar-refractivity contribution in [3.63, 3.8) is 0 Å². The van der Waals surface area contributed by atoms with Crippen LogP contribution >= 0.6 is 0 Å². The number of hydrogen-bond donors (Lipinski definition) is 1. The molecule has 0 saturated carbocycles. The maximum atomic E-state index is 12.4. The molecule has 1 aromatic heterocycles. The van der Waals surface area contributed by atoms with Crippen molar-refractivity contribution in [1.29, 1.82) is 0 Å². The van der Waals surface area contributed by atoms with Crippen LogP contribution in [0.1, 0.15) is 6.42 Å². The second-order valence-corrected chi connectivity index (χ2v) is 6.33. The lowest BCUT2D eigenvalue weighted by Crippen LogP contribution is -2.47. The van der Waals surface area contributed by atoms with E-state index in [0.717, 1.165) is 62.9 Å². The van der Waals surface area contributed by atoms with Crippen LogP contribution in [-0.4, -0.2) is 62.4 Å². The lowest BCUT2D eigenvalue weighted by molar-refractivity contribution is 0.252. The molecule has 0 radical (unpaired) electrons. The zero-order valence-corrected chi connectivity index (χ0v) is 15.1. The van der Waals surface area contributed by atoms with Crippen molar-refractivity contribution >= 4 is 11.5 Å². The Bertz CT molecular complexity index is 647. The molecule has 0 bridgehead atoms. The van der Waals surface area contributed by atoms with Crippen LogP contribution in [-0.2, 0) is 0 Å². The van der Waals surface area contributed by atoms with Gasteiger partial charge in [0.25, 0.3) is 0 Å². The highest BCUT2D eigenvalue weighted by molar-refractivity contribution is 5.58. The first-order chi connectivity index (χ1) is 12.9. The summed E-state index contributed by atoms with van der Waals surface area (Å²) in [5.74, 6) is 1.71. The number of nitrogens with one attached hydrogen (secondary N) is 1. The molecule has 1 fully saturated rings. The molecular formula is C20H27FN4O. The number of pyridine rings is 1. The lowest BCUT2D eigenvalue weighted by Gasteiger charge is -2.36. The van der Waals surface area contributed by atoms with E-state index in [4.69, 9.17) is 4.74 Å². The fourth-order valence-corrected chi connectivity index (χ4v) is 3.19. The molecule has 2 aromatic rings. The third-order valence-electron chi connectivity index (χ3n) is 4.54. The van der Waals surface area contributed by atoms with Gasteiger partial charge in [0.1, 0.15) is 24.8 Å². The SMILES string of the molecule is FCCOc1ccccc1N1CCN(CCCNc2ccccn2)CC1. The van der Waals surface area contributed by atoms with Crippen LogP contribution in [0, 0.1) is 0 Å². The molecule has 0 aliphatic carbocycles. The summed E-state index contributed by atoms with van der Waals surface area (Å²) in [6.07, 6.45) is 2.89. The third-order valence-corrected chi connectivity index (χ3v) is 4.54. The first-order valence-electron chi connectivity index (χ1n) is 9.27. The van der Waals surface area contributed by atoms with E-state index in [2.05, 4.69) is 26.2 Å². The van der Waals surface area contributed by atoms with Gasteiger partial charge in [-0.05, 0) is 37.2 Å². The van der Waals surface area contributed by atoms with E-state index < -0.39 is 6.67 Å². The summed E-state index contributed by atoms with van der Waals surface area (Å²) in [6.45, 7) is 5.63. The van der Waals surface area contributed by atoms with Gasteiger partial charge in [-0.3, -0.25) is 4.90 Å². The molecule has 1 aliphatic rings. The van der Waals surface area contributed by atoms with Gasteiger partial charge in [0.15, 0.2) is 0 Å². The average Bonchev–Trinajstić information content (AvgIpc) is 2.71. The summed E-state index contributed by atoms with van der Waals surface area (Å²) in [5, 5.41) is 3.35. The third kappa shape index (κ3) is 5.33. The van der Waals surface area contributed by atoms with Crippen LogP contribution in [0.2, 0.25) is 0 Å². The largest absolute Gasteiger partial charge is 0.489 e. The first kappa shape index (κ1) is 18.5. The zero-order valence-electron chi connectivity index (χ0n) is 15.1. The summed E-state index contributed by atoms with van der Waals surface area (Å²) in [7, 11) is 0. The fourth-order valence-electron chi connectivity index (χ4n) is 3.19. The summed E-state index contributed by atoms with van der Waals surface area (Å²) in [5.41, 5.74) is 1.07. The van der Waals surface area contributed by atoms with Crippen molar-refractivity contribution in [2.24, 2.45) is 0 Å². The van der Waals surface area contributed by atoms with Crippen LogP contribution < -0.4 is 15.0 Å². The predicted molar refractivity (Wildman–Crippen MR) is 104 cm³/mol. The molecule has 2 heterocycles. The van der Waals surface area contributed by atoms with Crippen LogP contribution in [0.25, 0.3) is 0 Å². The smallest absolute Gasteiger partial charge is 0.142 e. The molecule has 5 nitrogen and oxygen atoms in total. The van der Waals surface area contributed by atoms with Gasteiger partial charge in [-0.15, -0.1) is 0 Å². The molecule has 1 N–H and O–H groups in total. The second kappa shape index (κ2) is 9.97. The number of hydrogen-bond acceptors (Lipinski definition) is 5. The van der Waals surface area contributed by atoms with Crippen LogP contribution in [0.15, 0.2) is 48.7 Å². The van der Waals surface area contributed by atoms with Crippen LogP contribution in [0.3, 0.4) is 0 Å². The Balaban J connectivity index is 1.40. The van der Waals surface area contributed by atoms with Gasteiger partial charge in [-0.25, -0.2) is 9.37 Å². The maximum Gasteiger partial charge on any atom is 0.142 e. The van der Waals surface area contributed by atoms with Crippen LogP contribution in [0.5, 0.6) is 5.75 Å². The Labute approximate surface area is 154 Å². The molecule has 0 amide bonds. The Morgan fingerprint density at radius 1 is 1.04 bits per heavy atom. The van der Waals surface area contributed by atoms with Crippen molar-refractivity contribution in [3.05, 3.63) is 48.7 Å². The minimum Gasteiger partial charge on any atom is -0.489 e. The summed E-state index contributed by atoms with van der Waals surface area (Å²) >= 11 is 0. The number of nitrogens with zero attached hydrogens (tertiary/aromatic N) is 3. The highest BCUT2D eigenvalue weighted by Gasteiger charge is 2.19. The molecule has 0 atom stereocenters. The molecule has 0 spiro atoms. The Morgan fingerprint density at radius 2 is 1.85 bits per heavy atom. The molecule has 1 saturated heterocycles. The van der Waals surface area contributed by atoms with Crippen molar-refractivity contribution in [3.8, 4) is 5.75 Å². The lowest BCUT2D eigenvalue weighted by atomic mass is 10.2. The topological polar surface area (TPSA) is 40.6 Å². The molecule has 26 heavy (non-hydrogen) atoms. The molecule has 1 aromatic carbocycles. The number of benzene rings is 1. The number of piperazine rings is 1. The van der Waals surface area contributed by atoms with Crippen molar-refractivity contribution in [2.75, 3.05) is 62.8 Å². The van der Waals surface area contributed by atoms with Gasteiger partial charge in [0, 0.05) is 38.9 Å². The van der Waals surface area contributed by atoms with Crippen LogP contribution in [0.4, 0.5) is 15.9 Å². The summed E-state index contributed by atoms with van der Waals surface area (Å²) in [4.78, 5) is 9.09. The van der Waals surface area contributed by atoms with Gasteiger partial charge in [0.05, 0.1) is 5.69 Å². The quantitative estimate of drug-likeness (QED) is 0.698. The zero-order chi connectivity index (χ0) is 18.0. The summed E-state index contributed by atoms with van der Waals surface area (Å²) in [6, 6.07) is 13.8. The van der Waals surface area contributed by atoms with Gasteiger partial charge < -0.3 is 15.0 Å². The van der Waals surface area contributed by atoms with E-state index in [0.29, 0.717) is 0 Å².